The van der Waals surface area contributed by atoms with E-state index in [-0.39, 0.29) is 17.5 Å². The summed E-state index contributed by atoms with van der Waals surface area (Å²) in [6, 6.07) is 5.14. The molecule has 1 aliphatic heterocycles. The third-order valence-corrected chi connectivity index (χ3v) is 3.99. The molecule has 1 aliphatic rings. The fourth-order valence-corrected chi connectivity index (χ4v) is 2.71. The Balaban J connectivity index is 1.97. The van der Waals surface area contributed by atoms with Gasteiger partial charge in [-0.1, -0.05) is 0 Å². The number of rotatable bonds is 2. The molecular weight excluding hydrogens is 268 g/mol. The van der Waals surface area contributed by atoms with Crippen molar-refractivity contribution < 1.29 is 9.21 Å². The van der Waals surface area contributed by atoms with E-state index in [9.17, 15) is 9.59 Å². The number of fused-ring (bicyclic) bond motifs is 1. The maximum Gasteiger partial charge on any atom is 0.336 e. The second-order valence-electron chi connectivity index (χ2n) is 5.59. The molecule has 2 N–H and O–H groups in total. The van der Waals surface area contributed by atoms with E-state index < -0.39 is 0 Å². The number of hydrogen-bond acceptors (Lipinski definition) is 4. The molecule has 3 rings (SSSR count). The van der Waals surface area contributed by atoms with Gasteiger partial charge in [0.1, 0.15) is 5.58 Å². The highest BCUT2D eigenvalue weighted by Crippen LogP contribution is 2.25. The standard InChI is InChI=1S/C16H18N2O3/c1-9-6-15(19)21-14-5-10(2)13(7-12(9)14)18-16(20)11-3-4-17-8-11/h5-7,11,17H,3-4,8H2,1-2H3,(H,18,20)/t11-/m1/s1. The van der Waals surface area contributed by atoms with Gasteiger partial charge < -0.3 is 15.1 Å². The van der Waals surface area contributed by atoms with Crippen molar-refractivity contribution >= 4 is 22.6 Å². The topological polar surface area (TPSA) is 71.3 Å². The van der Waals surface area contributed by atoms with E-state index in [1.807, 2.05) is 19.9 Å². The van der Waals surface area contributed by atoms with Gasteiger partial charge in [-0.05, 0) is 50.1 Å². The number of aryl methyl sites for hydroxylation is 2. The molecule has 0 unspecified atom stereocenters. The van der Waals surface area contributed by atoms with E-state index in [0.29, 0.717) is 5.58 Å². The summed E-state index contributed by atoms with van der Waals surface area (Å²) >= 11 is 0. The molecule has 0 bridgehead atoms. The number of carbonyl (C=O) groups is 1. The molecule has 5 nitrogen and oxygen atoms in total. The van der Waals surface area contributed by atoms with Gasteiger partial charge in [0.25, 0.3) is 0 Å². The van der Waals surface area contributed by atoms with Crippen LogP contribution in [0.4, 0.5) is 5.69 Å². The van der Waals surface area contributed by atoms with Gasteiger partial charge in [0.05, 0.1) is 5.92 Å². The van der Waals surface area contributed by atoms with Gasteiger partial charge in [-0.3, -0.25) is 4.79 Å². The lowest BCUT2D eigenvalue weighted by Gasteiger charge is -2.13. The average molecular weight is 286 g/mol. The summed E-state index contributed by atoms with van der Waals surface area (Å²) in [6.07, 6.45) is 0.867. The summed E-state index contributed by atoms with van der Waals surface area (Å²) in [5, 5.41) is 7.02. The molecule has 5 heteroatoms. The van der Waals surface area contributed by atoms with Crippen molar-refractivity contribution in [2.24, 2.45) is 5.92 Å². The fourth-order valence-electron chi connectivity index (χ4n) is 2.71. The number of benzene rings is 1. The monoisotopic (exact) mass is 286 g/mol. The molecule has 2 aromatic rings. The number of amides is 1. The summed E-state index contributed by atoms with van der Waals surface area (Å²) < 4.78 is 5.20. The first-order chi connectivity index (χ1) is 10.0. The van der Waals surface area contributed by atoms with Crippen LogP contribution in [0.2, 0.25) is 0 Å². The number of anilines is 1. The van der Waals surface area contributed by atoms with E-state index in [1.54, 1.807) is 6.07 Å². The van der Waals surface area contributed by atoms with Crippen LogP contribution < -0.4 is 16.3 Å². The van der Waals surface area contributed by atoms with E-state index in [0.717, 1.165) is 41.7 Å². The second-order valence-corrected chi connectivity index (χ2v) is 5.59. The molecular formula is C16H18N2O3. The van der Waals surface area contributed by atoms with E-state index >= 15 is 0 Å². The van der Waals surface area contributed by atoms with Crippen molar-refractivity contribution in [1.82, 2.24) is 5.32 Å². The molecule has 1 fully saturated rings. The first-order valence-corrected chi connectivity index (χ1v) is 7.11. The third-order valence-electron chi connectivity index (χ3n) is 3.99. The van der Waals surface area contributed by atoms with Crippen molar-refractivity contribution in [1.29, 1.82) is 0 Å². The lowest BCUT2D eigenvalue weighted by molar-refractivity contribution is -0.119. The second kappa shape index (κ2) is 5.33. The van der Waals surface area contributed by atoms with Gasteiger partial charge in [-0.2, -0.15) is 0 Å². The van der Waals surface area contributed by atoms with Gasteiger partial charge >= 0.3 is 5.63 Å². The fraction of sp³-hybridized carbons (Fsp3) is 0.375. The van der Waals surface area contributed by atoms with Crippen molar-refractivity contribution in [2.45, 2.75) is 20.3 Å². The Morgan fingerprint density at radius 1 is 1.29 bits per heavy atom. The first kappa shape index (κ1) is 13.8. The molecule has 110 valence electrons. The lowest BCUT2D eigenvalue weighted by atomic mass is 10.1. The minimum Gasteiger partial charge on any atom is -0.423 e. The summed E-state index contributed by atoms with van der Waals surface area (Å²) in [5.41, 5.74) is 2.71. The third kappa shape index (κ3) is 2.69. The molecule has 1 saturated heterocycles. The zero-order valence-corrected chi connectivity index (χ0v) is 12.2. The van der Waals surface area contributed by atoms with Crippen molar-refractivity contribution in [2.75, 3.05) is 18.4 Å². The van der Waals surface area contributed by atoms with Crippen LogP contribution in [0.1, 0.15) is 17.5 Å². The van der Waals surface area contributed by atoms with E-state index in [2.05, 4.69) is 10.6 Å². The lowest BCUT2D eigenvalue weighted by Crippen LogP contribution is -2.25. The molecule has 0 aliphatic carbocycles. The smallest absolute Gasteiger partial charge is 0.336 e. The van der Waals surface area contributed by atoms with Crippen molar-refractivity contribution in [3.63, 3.8) is 0 Å². The van der Waals surface area contributed by atoms with Crippen LogP contribution in [0.25, 0.3) is 11.0 Å². The van der Waals surface area contributed by atoms with Crippen LogP contribution in [0.5, 0.6) is 0 Å². The van der Waals surface area contributed by atoms with Gasteiger partial charge in [0.2, 0.25) is 5.91 Å². The SMILES string of the molecule is Cc1cc2oc(=O)cc(C)c2cc1NC(=O)[C@@H]1CCNC1. The van der Waals surface area contributed by atoms with Crippen LogP contribution in [0.3, 0.4) is 0 Å². The quantitative estimate of drug-likeness (QED) is 0.828. The van der Waals surface area contributed by atoms with Crippen LogP contribution in [0.15, 0.2) is 27.4 Å². The molecule has 0 spiro atoms. The Morgan fingerprint density at radius 2 is 2.10 bits per heavy atom. The maximum absolute atomic E-state index is 12.2. The van der Waals surface area contributed by atoms with Crippen LogP contribution in [-0.4, -0.2) is 19.0 Å². The van der Waals surface area contributed by atoms with Gasteiger partial charge in [-0.15, -0.1) is 0 Å². The summed E-state index contributed by atoms with van der Waals surface area (Å²) in [7, 11) is 0. The van der Waals surface area contributed by atoms with Crippen molar-refractivity contribution in [3.05, 3.63) is 39.7 Å². The first-order valence-electron chi connectivity index (χ1n) is 7.11. The molecule has 1 aromatic heterocycles. The largest absolute Gasteiger partial charge is 0.423 e. The molecule has 21 heavy (non-hydrogen) atoms. The summed E-state index contributed by atoms with van der Waals surface area (Å²) in [6.45, 7) is 5.37. The average Bonchev–Trinajstić information content (AvgIpc) is 2.94. The molecule has 2 heterocycles. The molecule has 0 saturated carbocycles. The highest BCUT2D eigenvalue weighted by Gasteiger charge is 2.22. The summed E-state index contributed by atoms with van der Waals surface area (Å²) in [5.74, 6) is 0.0624. The zero-order chi connectivity index (χ0) is 15.0. The number of hydrogen-bond donors (Lipinski definition) is 2. The Morgan fingerprint density at radius 3 is 2.81 bits per heavy atom. The van der Waals surface area contributed by atoms with Crippen molar-refractivity contribution in [3.8, 4) is 0 Å². The molecule has 1 amide bonds. The normalized spacial score (nSPS) is 18.1. The number of carbonyl (C=O) groups excluding carboxylic acids is 1. The Labute approximate surface area is 122 Å². The van der Waals surface area contributed by atoms with Gasteiger partial charge in [-0.25, -0.2) is 4.79 Å². The predicted molar refractivity (Wildman–Crippen MR) is 81.6 cm³/mol. The Hall–Kier alpha value is -2.14. The Kier molecular flexibility index (Phi) is 3.51. The van der Waals surface area contributed by atoms with Crippen LogP contribution in [-0.2, 0) is 4.79 Å². The van der Waals surface area contributed by atoms with Crippen LogP contribution >= 0.6 is 0 Å². The minimum atomic E-state index is -0.354. The maximum atomic E-state index is 12.2. The highest BCUT2D eigenvalue weighted by molar-refractivity contribution is 5.96. The van der Waals surface area contributed by atoms with E-state index in [4.69, 9.17) is 4.42 Å². The zero-order valence-electron chi connectivity index (χ0n) is 12.2. The van der Waals surface area contributed by atoms with E-state index in [1.165, 1.54) is 6.07 Å². The van der Waals surface area contributed by atoms with Gasteiger partial charge in [0, 0.05) is 23.7 Å². The molecule has 0 radical (unpaired) electrons. The molecule has 1 atom stereocenters. The predicted octanol–water partition coefficient (Wildman–Crippen LogP) is 1.96. The summed E-state index contributed by atoms with van der Waals surface area (Å²) in [4.78, 5) is 23.6. The minimum absolute atomic E-state index is 0.0231. The number of nitrogens with one attached hydrogen (secondary N) is 2. The van der Waals surface area contributed by atoms with Gasteiger partial charge in [0.15, 0.2) is 0 Å². The van der Waals surface area contributed by atoms with Crippen LogP contribution in [0, 0.1) is 19.8 Å². The molecule has 1 aromatic carbocycles. The highest BCUT2D eigenvalue weighted by atomic mass is 16.4. The Bertz CT molecular complexity index is 758.